The van der Waals surface area contributed by atoms with Crippen LogP contribution in [0.5, 0.6) is 0 Å². The fourth-order valence-corrected chi connectivity index (χ4v) is 4.42. The van der Waals surface area contributed by atoms with Crippen LogP contribution in [0.3, 0.4) is 0 Å². The van der Waals surface area contributed by atoms with Gasteiger partial charge in [-0.3, -0.25) is 9.59 Å². The molecule has 4 atom stereocenters. The van der Waals surface area contributed by atoms with E-state index in [4.69, 9.17) is 14.2 Å². The summed E-state index contributed by atoms with van der Waals surface area (Å²) in [6, 6.07) is 0. The van der Waals surface area contributed by atoms with Crippen molar-refractivity contribution in [2.75, 3.05) is 13.2 Å². The van der Waals surface area contributed by atoms with Crippen molar-refractivity contribution in [1.29, 1.82) is 0 Å². The van der Waals surface area contributed by atoms with Gasteiger partial charge >= 0.3 is 17.9 Å². The van der Waals surface area contributed by atoms with Crippen LogP contribution in [-0.4, -0.2) is 37.2 Å². The first-order valence-corrected chi connectivity index (χ1v) is 8.78. The van der Waals surface area contributed by atoms with Gasteiger partial charge in [0, 0.05) is 11.3 Å². The Morgan fingerprint density at radius 2 is 2.08 bits per heavy atom. The van der Waals surface area contributed by atoms with Gasteiger partial charge in [-0.25, -0.2) is 4.79 Å². The van der Waals surface area contributed by atoms with Crippen molar-refractivity contribution < 1.29 is 28.6 Å². The molecule has 2 saturated carbocycles. The molecule has 24 heavy (non-hydrogen) atoms. The maximum absolute atomic E-state index is 12.1. The van der Waals surface area contributed by atoms with E-state index < -0.39 is 11.4 Å². The smallest absolute Gasteiger partial charge is 0.344 e. The molecule has 4 unspecified atom stereocenters. The van der Waals surface area contributed by atoms with Crippen molar-refractivity contribution in [2.45, 2.75) is 59.0 Å². The monoisotopic (exact) mass is 338 g/mol. The van der Waals surface area contributed by atoms with E-state index in [0.29, 0.717) is 25.4 Å². The van der Waals surface area contributed by atoms with E-state index in [1.165, 1.54) is 0 Å². The summed E-state index contributed by atoms with van der Waals surface area (Å²) in [5.74, 6) is -0.373. The molecule has 1 saturated heterocycles. The summed E-state index contributed by atoms with van der Waals surface area (Å²) in [6.45, 7) is 5.58. The number of fused-ring (bicyclic) bond motifs is 3. The number of hydrogen-bond donors (Lipinski definition) is 0. The van der Waals surface area contributed by atoms with Crippen LogP contribution in [0.2, 0.25) is 0 Å². The molecule has 6 nitrogen and oxygen atoms in total. The number of carbonyl (C=O) groups excluding carboxylic acids is 3. The third kappa shape index (κ3) is 3.03. The summed E-state index contributed by atoms with van der Waals surface area (Å²) in [5.41, 5.74) is -0.746. The Hall–Kier alpha value is -1.59. The van der Waals surface area contributed by atoms with Gasteiger partial charge in [-0.1, -0.05) is 6.92 Å². The van der Waals surface area contributed by atoms with Crippen molar-refractivity contribution in [2.24, 2.45) is 22.7 Å². The molecule has 2 aliphatic carbocycles. The second kappa shape index (κ2) is 6.05. The molecule has 3 fully saturated rings. The minimum atomic E-state index is -0.599. The molecule has 0 aromatic rings. The standard InChI is InChI=1S/C18H26O6/c1-4-17(2,3)16(21)22-9-15(20)24-13-6-11-5-12(13)18(7-11)8-14(19)23-10-18/h11-13H,4-10H2,1-3H3. The Balaban J connectivity index is 1.53. The summed E-state index contributed by atoms with van der Waals surface area (Å²) < 4.78 is 15.8. The van der Waals surface area contributed by atoms with E-state index in [9.17, 15) is 14.4 Å². The average molecular weight is 338 g/mol. The maximum Gasteiger partial charge on any atom is 0.344 e. The third-order valence-electron chi connectivity index (χ3n) is 6.14. The molecular formula is C18H26O6. The molecule has 1 aliphatic heterocycles. The molecule has 0 radical (unpaired) electrons. The molecular weight excluding hydrogens is 312 g/mol. The Bertz CT molecular complexity index is 554. The van der Waals surface area contributed by atoms with Crippen LogP contribution in [0.15, 0.2) is 0 Å². The first-order valence-electron chi connectivity index (χ1n) is 8.78. The molecule has 0 aromatic carbocycles. The lowest BCUT2D eigenvalue weighted by Crippen LogP contribution is -2.39. The van der Waals surface area contributed by atoms with Crippen LogP contribution in [0.1, 0.15) is 52.9 Å². The van der Waals surface area contributed by atoms with Crippen LogP contribution in [0.4, 0.5) is 0 Å². The largest absolute Gasteiger partial charge is 0.465 e. The fraction of sp³-hybridized carbons (Fsp3) is 0.833. The number of rotatable bonds is 5. The molecule has 134 valence electrons. The zero-order valence-electron chi connectivity index (χ0n) is 14.6. The van der Waals surface area contributed by atoms with Crippen LogP contribution < -0.4 is 0 Å². The van der Waals surface area contributed by atoms with Gasteiger partial charge in [0.05, 0.1) is 18.4 Å². The number of ether oxygens (including phenoxy) is 3. The average Bonchev–Trinajstić information content (AvgIpc) is 3.19. The minimum Gasteiger partial charge on any atom is -0.465 e. The molecule has 0 aromatic heterocycles. The number of hydrogen-bond acceptors (Lipinski definition) is 6. The molecule has 2 bridgehead atoms. The van der Waals surface area contributed by atoms with Gasteiger partial charge < -0.3 is 14.2 Å². The van der Waals surface area contributed by atoms with Crippen molar-refractivity contribution in [3.63, 3.8) is 0 Å². The Morgan fingerprint density at radius 1 is 1.33 bits per heavy atom. The normalized spacial score (nSPS) is 34.5. The zero-order valence-corrected chi connectivity index (χ0v) is 14.6. The van der Waals surface area contributed by atoms with E-state index >= 15 is 0 Å². The fourth-order valence-electron chi connectivity index (χ4n) is 4.42. The highest BCUT2D eigenvalue weighted by atomic mass is 16.6. The first-order chi connectivity index (χ1) is 11.3. The highest BCUT2D eigenvalue weighted by Gasteiger charge is 2.60. The molecule has 0 amide bonds. The van der Waals surface area contributed by atoms with Gasteiger partial charge in [0.25, 0.3) is 0 Å². The van der Waals surface area contributed by atoms with Gasteiger partial charge in [0.2, 0.25) is 0 Å². The van der Waals surface area contributed by atoms with Crippen molar-refractivity contribution in [1.82, 2.24) is 0 Å². The van der Waals surface area contributed by atoms with Gasteiger partial charge in [-0.2, -0.15) is 0 Å². The molecule has 3 rings (SSSR count). The summed E-state index contributed by atoms with van der Waals surface area (Å²) in [4.78, 5) is 35.5. The van der Waals surface area contributed by atoms with Gasteiger partial charge in [-0.05, 0) is 45.4 Å². The number of carbonyl (C=O) groups is 3. The quantitative estimate of drug-likeness (QED) is 0.565. The lowest BCUT2D eigenvalue weighted by atomic mass is 9.71. The maximum atomic E-state index is 12.1. The number of cyclic esters (lactones) is 1. The Morgan fingerprint density at radius 3 is 2.67 bits per heavy atom. The lowest BCUT2D eigenvalue weighted by molar-refractivity contribution is -0.170. The third-order valence-corrected chi connectivity index (χ3v) is 6.14. The second-order valence-electron chi connectivity index (χ2n) is 8.19. The van der Waals surface area contributed by atoms with E-state index in [0.717, 1.165) is 19.3 Å². The highest BCUT2D eigenvalue weighted by Crippen LogP contribution is 2.60. The molecule has 0 N–H and O–H groups in total. The van der Waals surface area contributed by atoms with E-state index in [2.05, 4.69) is 0 Å². The predicted molar refractivity (Wildman–Crippen MR) is 83.8 cm³/mol. The summed E-state index contributed by atoms with van der Waals surface area (Å²) in [6.07, 6.45) is 3.68. The molecule has 1 heterocycles. The summed E-state index contributed by atoms with van der Waals surface area (Å²) in [7, 11) is 0. The van der Waals surface area contributed by atoms with E-state index in [-0.39, 0.29) is 36.0 Å². The number of esters is 3. The molecule has 3 aliphatic rings. The Kier molecular flexibility index (Phi) is 4.34. The SMILES string of the molecule is CCC(C)(C)C(=O)OCC(=O)OC1CC2CC1C1(COC(=O)C1)C2. The minimum absolute atomic E-state index is 0.147. The molecule has 1 spiro atoms. The topological polar surface area (TPSA) is 78.9 Å². The zero-order chi connectivity index (χ0) is 17.5. The van der Waals surface area contributed by atoms with Crippen LogP contribution >= 0.6 is 0 Å². The van der Waals surface area contributed by atoms with Crippen LogP contribution in [0.25, 0.3) is 0 Å². The van der Waals surface area contributed by atoms with Gasteiger partial charge in [0.15, 0.2) is 6.61 Å². The van der Waals surface area contributed by atoms with Gasteiger partial charge in [0.1, 0.15) is 6.10 Å². The van der Waals surface area contributed by atoms with E-state index in [1.54, 1.807) is 13.8 Å². The first kappa shape index (κ1) is 17.2. The lowest BCUT2D eigenvalue weighted by Gasteiger charge is -2.35. The van der Waals surface area contributed by atoms with Crippen LogP contribution in [0, 0.1) is 22.7 Å². The van der Waals surface area contributed by atoms with Crippen molar-refractivity contribution in [3.05, 3.63) is 0 Å². The van der Waals surface area contributed by atoms with Crippen molar-refractivity contribution in [3.8, 4) is 0 Å². The summed E-state index contributed by atoms with van der Waals surface area (Å²) >= 11 is 0. The predicted octanol–water partition coefficient (Wildman–Crippen LogP) is 2.24. The van der Waals surface area contributed by atoms with Crippen molar-refractivity contribution >= 4 is 17.9 Å². The molecule has 6 heteroatoms. The van der Waals surface area contributed by atoms with Gasteiger partial charge in [-0.15, -0.1) is 0 Å². The van der Waals surface area contributed by atoms with E-state index in [1.807, 2.05) is 6.92 Å². The second-order valence-corrected chi connectivity index (χ2v) is 8.19. The highest BCUT2D eigenvalue weighted by molar-refractivity contribution is 5.80. The van der Waals surface area contributed by atoms with Crippen LogP contribution in [-0.2, 0) is 28.6 Å². The summed E-state index contributed by atoms with van der Waals surface area (Å²) in [5, 5.41) is 0. The Labute approximate surface area is 142 Å².